The van der Waals surface area contributed by atoms with Crippen molar-refractivity contribution in [1.82, 2.24) is 9.03 Å². The Balaban J connectivity index is 2.47. The predicted octanol–water partition coefficient (Wildman–Crippen LogP) is 0.433. The Morgan fingerprint density at radius 2 is 2.15 bits per heavy atom. The molecule has 0 radical (unpaired) electrons. The van der Waals surface area contributed by atoms with Crippen LogP contribution in [0.4, 0.5) is 0 Å². The molecule has 0 aromatic carbocycles. The van der Waals surface area contributed by atoms with Gasteiger partial charge in [-0.2, -0.15) is 17.4 Å². The van der Waals surface area contributed by atoms with Gasteiger partial charge in [0.2, 0.25) is 0 Å². The maximum atomic E-state index is 12.1. The summed E-state index contributed by atoms with van der Waals surface area (Å²) in [7, 11) is -3.76. The van der Waals surface area contributed by atoms with Crippen LogP contribution < -0.4 is 4.72 Å². The molecule has 20 heavy (non-hydrogen) atoms. The molecule has 1 unspecified atom stereocenters. The molecule has 1 saturated heterocycles. The molecule has 0 aliphatic carbocycles. The number of hydrogen-bond acceptors (Lipinski definition) is 4. The number of nitrogens with one attached hydrogen (secondary N) is 1. The van der Waals surface area contributed by atoms with E-state index in [1.807, 2.05) is 13.8 Å². The van der Waals surface area contributed by atoms with Gasteiger partial charge in [-0.25, -0.2) is 0 Å². The third-order valence-electron chi connectivity index (χ3n) is 3.03. The zero-order chi connectivity index (χ0) is 15.2. The largest absolute Gasteiger partial charge is 0.480 e. The van der Waals surface area contributed by atoms with Crippen molar-refractivity contribution in [3.8, 4) is 0 Å². The van der Waals surface area contributed by atoms with E-state index in [9.17, 15) is 13.2 Å². The molecule has 0 saturated carbocycles. The van der Waals surface area contributed by atoms with E-state index < -0.39 is 22.2 Å². The Bertz CT molecular complexity index is 410. The predicted molar refractivity (Wildman–Crippen MR) is 74.6 cm³/mol. The second-order valence-corrected chi connectivity index (χ2v) is 7.04. The Morgan fingerprint density at radius 3 is 2.75 bits per heavy atom. The first kappa shape index (κ1) is 17.4. The van der Waals surface area contributed by atoms with Crippen LogP contribution in [0.3, 0.4) is 0 Å². The van der Waals surface area contributed by atoms with Crippen molar-refractivity contribution in [2.75, 3.05) is 26.3 Å². The number of carbonyl (C=O) groups is 1. The Hall–Kier alpha value is -0.700. The maximum absolute atomic E-state index is 12.1. The van der Waals surface area contributed by atoms with Crippen LogP contribution in [0.5, 0.6) is 0 Å². The molecular formula is C12H24N2O5S. The molecule has 0 aromatic heterocycles. The van der Waals surface area contributed by atoms with Crippen molar-refractivity contribution in [3.05, 3.63) is 0 Å². The first-order chi connectivity index (χ1) is 9.34. The molecule has 7 nitrogen and oxygen atoms in total. The van der Waals surface area contributed by atoms with Gasteiger partial charge in [0.25, 0.3) is 10.2 Å². The SMILES string of the molecule is CC(C)COCCNS(=O)(=O)N1CCCCC1C(=O)O. The first-order valence-corrected chi connectivity index (χ1v) is 8.35. The molecule has 8 heteroatoms. The summed E-state index contributed by atoms with van der Waals surface area (Å²) < 4.78 is 32.9. The number of piperidine rings is 1. The van der Waals surface area contributed by atoms with E-state index in [0.717, 1.165) is 10.7 Å². The molecular weight excluding hydrogens is 284 g/mol. The zero-order valence-corrected chi connectivity index (χ0v) is 12.9. The normalized spacial score (nSPS) is 21.2. The van der Waals surface area contributed by atoms with E-state index in [0.29, 0.717) is 25.4 Å². The molecule has 0 spiro atoms. The second-order valence-electron chi connectivity index (χ2n) is 5.33. The van der Waals surface area contributed by atoms with Crippen LogP contribution in [0, 0.1) is 5.92 Å². The van der Waals surface area contributed by atoms with Crippen molar-refractivity contribution >= 4 is 16.2 Å². The zero-order valence-electron chi connectivity index (χ0n) is 12.0. The lowest BCUT2D eigenvalue weighted by atomic mass is 10.1. The molecule has 1 heterocycles. The minimum atomic E-state index is -3.76. The summed E-state index contributed by atoms with van der Waals surface area (Å²) in [5.41, 5.74) is 0. The van der Waals surface area contributed by atoms with E-state index in [2.05, 4.69) is 4.72 Å². The fourth-order valence-electron chi connectivity index (χ4n) is 2.08. The third kappa shape index (κ3) is 5.35. The van der Waals surface area contributed by atoms with Gasteiger partial charge in [0.15, 0.2) is 0 Å². The van der Waals surface area contributed by atoms with Gasteiger partial charge in [0, 0.05) is 19.7 Å². The highest BCUT2D eigenvalue weighted by molar-refractivity contribution is 7.87. The van der Waals surface area contributed by atoms with Crippen molar-refractivity contribution in [2.45, 2.75) is 39.2 Å². The van der Waals surface area contributed by atoms with Gasteiger partial charge in [-0.3, -0.25) is 4.79 Å². The summed E-state index contributed by atoms with van der Waals surface area (Å²) in [6.07, 6.45) is 1.79. The van der Waals surface area contributed by atoms with Crippen LogP contribution in [0.15, 0.2) is 0 Å². The van der Waals surface area contributed by atoms with Gasteiger partial charge in [-0.05, 0) is 25.2 Å². The van der Waals surface area contributed by atoms with Gasteiger partial charge in [-0.1, -0.05) is 13.8 Å². The van der Waals surface area contributed by atoms with Crippen LogP contribution in [-0.2, 0) is 19.7 Å². The summed E-state index contributed by atoms with van der Waals surface area (Å²) in [5.74, 6) is -0.698. The number of carboxylic acids is 1. The highest BCUT2D eigenvalue weighted by atomic mass is 32.2. The number of ether oxygens (including phenoxy) is 1. The molecule has 1 aliphatic rings. The van der Waals surface area contributed by atoms with E-state index in [1.54, 1.807) is 0 Å². The average molecular weight is 308 g/mol. The molecule has 2 N–H and O–H groups in total. The fourth-order valence-corrected chi connectivity index (χ4v) is 3.49. The molecule has 0 amide bonds. The highest BCUT2D eigenvalue weighted by Crippen LogP contribution is 2.19. The fraction of sp³-hybridized carbons (Fsp3) is 0.917. The van der Waals surface area contributed by atoms with E-state index in [-0.39, 0.29) is 19.7 Å². The van der Waals surface area contributed by atoms with Crippen molar-refractivity contribution in [1.29, 1.82) is 0 Å². The van der Waals surface area contributed by atoms with E-state index in [4.69, 9.17) is 9.84 Å². The minimum absolute atomic E-state index is 0.151. The van der Waals surface area contributed by atoms with Crippen LogP contribution in [0.2, 0.25) is 0 Å². The second kappa shape index (κ2) is 7.92. The number of rotatable bonds is 8. The smallest absolute Gasteiger partial charge is 0.322 e. The lowest BCUT2D eigenvalue weighted by Gasteiger charge is -2.31. The molecule has 0 bridgehead atoms. The standard InChI is InChI=1S/C12H24N2O5S/c1-10(2)9-19-8-6-13-20(17,18)14-7-4-3-5-11(14)12(15)16/h10-11,13H,3-9H2,1-2H3,(H,15,16). The van der Waals surface area contributed by atoms with E-state index in [1.165, 1.54) is 0 Å². The van der Waals surface area contributed by atoms with E-state index >= 15 is 0 Å². The summed E-state index contributed by atoms with van der Waals surface area (Å²) in [6, 6.07) is -0.960. The van der Waals surface area contributed by atoms with Crippen molar-refractivity contribution in [2.24, 2.45) is 5.92 Å². The topological polar surface area (TPSA) is 95.9 Å². The summed E-state index contributed by atoms with van der Waals surface area (Å²) >= 11 is 0. The van der Waals surface area contributed by atoms with Gasteiger partial charge in [0.1, 0.15) is 6.04 Å². The molecule has 1 aliphatic heterocycles. The van der Waals surface area contributed by atoms with Crippen LogP contribution in [0.1, 0.15) is 33.1 Å². The number of aliphatic carboxylic acids is 1. The lowest BCUT2D eigenvalue weighted by Crippen LogP contribution is -2.52. The van der Waals surface area contributed by atoms with Crippen LogP contribution in [0.25, 0.3) is 0 Å². The highest BCUT2D eigenvalue weighted by Gasteiger charge is 2.36. The van der Waals surface area contributed by atoms with Crippen molar-refractivity contribution in [3.63, 3.8) is 0 Å². The van der Waals surface area contributed by atoms with Crippen LogP contribution in [-0.4, -0.2) is 56.1 Å². The van der Waals surface area contributed by atoms with Crippen LogP contribution >= 0.6 is 0 Å². The number of carboxylic acid groups (broad SMARTS) is 1. The Kier molecular flexibility index (Phi) is 6.87. The first-order valence-electron chi connectivity index (χ1n) is 6.91. The third-order valence-corrected chi connectivity index (χ3v) is 4.65. The summed E-state index contributed by atoms with van der Waals surface area (Å²) in [4.78, 5) is 11.1. The molecule has 1 atom stereocenters. The molecule has 1 rings (SSSR count). The quantitative estimate of drug-likeness (QED) is 0.634. The number of nitrogens with zero attached hydrogens (tertiary/aromatic N) is 1. The average Bonchev–Trinajstić information content (AvgIpc) is 2.37. The monoisotopic (exact) mass is 308 g/mol. The molecule has 1 fully saturated rings. The van der Waals surface area contributed by atoms with Gasteiger partial charge < -0.3 is 9.84 Å². The molecule has 118 valence electrons. The van der Waals surface area contributed by atoms with Gasteiger partial charge in [0.05, 0.1) is 6.61 Å². The maximum Gasteiger partial charge on any atom is 0.322 e. The number of hydrogen-bond donors (Lipinski definition) is 2. The lowest BCUT2D eigenvalue weighted by molar-refractivity contribution is -0.142. The van der Waals surface area contributed by atoms with Crippen molar-refractivity contribution < 1.29 is 23.1 Å². The van der Waals surface area contributed by atoms with Gasteiger partial charge >= 0.3 is 5.97 Å². The Morgan fingerprint density at radius 1 is 1.45 bits per heavy atom. The Labute approximate surface area is 120 Å². The molecule has 0 aromatic rings. The van der Waals surface area contributed by atoms with Gasteiger partial charge in [-0.15, -0.1) is 0 Å². The summed E-state index contributed by atoms with van der Waals surface area (Å²) in [6.45, 7) is 5.27. The minimum Gasteiger partial charge on any atom is -0.480 e. The summed E-state index contributed by atoms with van der Waals surface area (Å²) in [5, 5.41) is 9.08.